The molecule has 2 atom stereocenters. The minimum atomic E-state index is -0.919. The maximum Gasteiger partial charge on any atom is 0.408 e. The van der Waals surface area contributed by atoms with E-state index in [4.69, 9.17) is 10.5 Å². The Morgan fingerprint density at radius 1 is 1.11 bits per heavy atom. The van der Waals surface area contributed by atoms with Crippen LogP contribution in [0.4, 0.5) is 14.9 Å². The largest absolute Gasteiger partial charge is 0.444 e. The molecule has 4 N–H and O–H groups in total. The third-order valence-electron chi connectivity index (χ3n) is 7.00. The monoisotopic (exact) mass is 519 g/mol. The molecule has 1 heterocycles. The Labute approximate surface area is 219 Å². The lowest BCUT2D eigenvalue weighted by Crippen LogP contribution is -2.55. The molecule has 206 valence electrons. The first-order chi connectivity index (χ1) is 17.4. The highest BCUT2D eigenvalue weighted by Crippen LogP contribution is 2.26. The second-order valence-corrected chi connectivity index (χ2v) is 11.3. The van der Waals surface area contributed by atoms with Crippen LogP contribution < -0.4 is 16.4 Å². The summed E-state index contributed by atoms with van der Waals surface area (Å²) >= 11 is 0. The number of hydrogen-bond donors (Lipinski definition) is 3. The fourth-order valence-electron chi connectivity index (χ4n) is 4.84. The summed E-state index contributed by atoms with van der Waals surface area (Å²) in [5, 5.41) is 5.29. The van der Waals surface area contributed by atoms with E-state index in [2.05, 4.69) is 15.5 Å². The topological polar surface area (TPSA) is 117 Å². The number of hydrogen-bond acceptors (Lipinski definition) is 6. The number of alkyl carbamates (subject to hydrolysis) is 1. The fourth-order valence-corrected chi connectivity index (χ4v) is 4.84. The molecule has 0 bridgehead atoms. The van der Waals surface area contributed by atoms with E-state index in [1.54, 1.807) is 31.7 Å². The molecule has 1 aromatic carbocycles. The van der Waals surface area contributed by atoms with Gasteiger partial charge in [0.15, 0.2) is 0 Å². The number of nitrogens with zero attached hydrogens (tertiary/aromatic N) is 2. The van der Waals surface area contributed by atoms with Gasteiger partial charge in [0.2, 0.25) is 11.8 Å². The number of benzene rings is 1. The quantitative estimate of drug-likeness (QED) is 0.510. The van der Waals surface area contributed by atoms with Crippen LogP contribution in [-0.4, -0.2) is 78.6 Å². The highest BCUT2D eigenvalue weighted by atomic mass is 19.1. The summed E-state index contributed by atoms with van der Waals surface area (Å²) in [6, 6.07) is 2.80. The number of ether oxygens (including phenoxy) is 1. The summed E-state index contributed by atoms with van der Waals surface area (Å²) in [5.74, 6) is -1.15. The first-order valence-electron chi connectivity index (χ1n) is 13.2. The maximum absolute atomic E-state index is 15.0. The van der Waals surface area contributed by atoms with Crippen LogP contribution in [0.2, 0.25) is 0 Å². The molecule has 1 aliphatic carbocycles. The maximum atomic E-state index is 15.0. The van der Waals surface area contributed by atoms with Gasteiger partial charge in [0, 0.05) is 32.6 Å². The van der Waals surface area contributed by atoms with Gasteiger partial charge in [-0.15, -0.1) is 0 Å². The number of likely N-dealkylation sites (N-methyl/N-ethyl adjacent to an activating group) is 1. The number of nitrogens with one attached hydrogen (secondary N) is 2. The average molecular weight is 520 g/mol. The first kappa shape index (κ1) is 28.8. The van der Waals surface area contributed by atoms with Gasteiger partial charge in [-0.05, 0) is 64.3 Å². The first-order valence-corrected chi connectivity index (χ1v) is 13.2. The van der Waals surface area contributed by atoms with Crippen molar-refractivity contribution in [2.75, 3.05) is 38.5 Å². The van der Waals surface area contributed by atoms with Gasteiger partial charge in [-0.3, -0.25) is 9.59 Å². The molecule has 10 heteroatoms. The van der Waals surface area contributed by atoms with E-state index >= 15 is 0 Å². The van der Waals surface area contributed by atoms with Gasteiger partial charge in [0.25, 0.3) is 0 Å². The van der Waals surface area contributed by atoms with Gasteiger partial charge in [0.1, 0.15) is 17.5 Å². The number of carbonyl (C=O) groups excluding carboxylic acids is 3. The highest BCUT2D eigenvalue weighted by molar-refractivity contribution is 5.95. The second-order valence-electron chi connectivity index (χ2n) is 11.3. The molecule has 0 radical (unpaired) electrons. The summed E-state index contributed by atoms with van der Waals surface area (Å²) in [4.78, 5) is 42.3. The van der Waals surface area contributed by atoms with Gasteiger partial charge in [-0.2, -0.15) is 0 Å². The van der Waals surface area contributed by atoms with E-state index in [1.807, 2.05) is 7.05 Å². The molecule has 1 saturated heterocycles. The minimum Gasteiger partial charge on any atom is -0.444 e. The van der Waals surface area contributed by atoms with Crippen LogP contribution in [0.15, 0.2) is 18.2 Å². The van der Waals surface area contributed by atoms with Gasteiger partial charge >= 0.3 is 6.09 Å². The zero-order valence-corrected chi connectivity index (χ0v) is 22.5. The predicted octanol–water partition coefficient (Wildman–Crippen LogP) is 2.88. The minimum absolute atomic E-state index is 0.0436. The van der Waals surface area contributed by atoms with E-state index in [9.17, 15) is 18.8 Å². The Balaban J connectivity index is 1.69. The Bertz CT molecular complexity index is 953. The summed E-state index contributed by atoms with van der Waals surface area (Å²) in [6.07, 6.45) is 4.45. The molecule has 37 heavy (non-hydrogen) atoms. The van der Waals surface area contributed by atoms with Crippen molar-refractivity contribution in [3.05, 3.63) is 29.6 Å². The molecule has 3 amide bonds. The number of rotatable bonds is 7. The van der Waals surface area contributed by atoms with Gasteiger partial charge in [-0.1, -0.05) is 25.3 Å². The van der Waals surface area contributed by atoms with E-state index < -0.39 is 35.5 Å². The predicted molar refractivity (Wildman–Crippen MR) is 141 cm³/mol. The molecular weight excluding hydrogens is 477 g/mol. The van der Waals surface area contributed by atoms with Crippen molar-refractivity contribution in [1.29, 1.82) is 0 Å². The van der Waals surface area contributed by atoms with Crippen LogP contribution in [0.25, 0.3) is 0 Å². The zero-order chi connectivity index (χ0) is 27.2. The zero-order valence-electron chi connectivity index (χ0n) is 22.5. The average Bonchev–Trinajstić information content (AvgIpc) is 2.84. The Morgan fingerprint density at radius 3 is 2.35 bits per heavy atom. The normalized spacial score (nSPS) is 19.1. The third kappa shape index (κ3) is 8.67. The molecule has 2 fully saturated rings. The smallest absolute Gasteiger partial charge is 0.408 e. The Hall–Kier alpha value is -2.72. The molecule has 2 aliphatic rings. The highest BCUT2D eigenvalue weighted by Gasteiger charge is 2.30. The molecular formula is C27H42FN5O4. The van der Waals surface area contributed by atoms with Crippen molar-refractivity contribution >= 4 is 23.6 Å². The van der Waals surface area contributed by atoms with Crippen molar-refractivity contribution in [3.8, 4) is 0 Å². The molecule has 3 rings (SSSR count). The number of amides is 3. The van der Waals surface area contributed by atoms with Crippen molar-refractivity contribution in [3.63, 3.8) is 0 Å². The molecule has 0 aromatic heterocycles. The molecule has 1 saturated carbocycles. The Kier molecular flexibility index (Phi) is 9.89. The molecule has 9 nitrogen and oxygen atoms in total. The lowest BCUT2D eigenvalue weighted by molar-refractivity contribution is -0.135. The summed E-state index contributed by atoms with van der Waals surface area (Å²) in [7, 11) is 1.99. The van der Waals surface area contributed by atoms with Gasteiger partial charge in [0.05, 0.1) is 11.7 Å². The summed E-state index contributed by atoms with van der Waals surface area (Å²) in [6.45, 7) is 7.78. The number of halogens is 1. The number of piperazine rings is 1. The van der Waals surface area contributed by atoms with Crippen LogP contribution in [-0.2, 0) is 20.7 Å². The molecule has 0 spiro atoms. The van der Waals surface area contributed by atoms with E-state index in [1.165, 1.54) is 12.1 Å². The van der Waals surface area contributed by atoms with Crippen molar-refractivity contribution in [2.45, 2.75) is 77.0 Å². The lowest BCUT2D eigenvalue weighted by atomic mass is 9.84. The van der Waals surface area contributed by atoms with Crippen molar-refractivity contribution in [2.24, 2.45) is 11.7 Å². The number of carbonyl (C=O) groups is 3. The number of anilines is 1. The van der Waals surface area contributed by atoms with Crippen molar-refractivity contribution in [1.82, 2.24) is 15.1 Å². The molecule has 0 unspecified atom stereocenters. The summed E-state index contributed by atoms with van der Waals surface area (Å²) in [5.41, 5.74) is 5.98. The Morgan fingerprint density at radius 2 is 1.76 bits per heavy atom. The van der Waals surface area contributed by atoms with Crippen LogP contribution in [0.1, 0.15) is 58.4 Å². The van der Waals surface area contributed by atoms with Crippen LogP contribution in [0, 0.1) is 11.7 Å². The summed E-state index contributed by atoms with van der Waals surface area (Å²) < 4.78 is 20.3. The standard InChI is InChI=1S/C27H42FN5O4/c1-27(2,3)37-26(36)31-22(25(35)33-14-12-32(4)13-15-33)17-18-10-11-21(20(28)16-18)30-24(34)23(29)19-8-6-5-7-9-19/h10-11,16,19,22-23H,5-9,12-15,17,29H2,1-4H3,(H,30,34)(H,31,36)/t22-,23+/m1/s1. The van der Waals surface area contributed by atoms with E-state index in [0.717, 1.165) is 45.2 Å². The van der Waals surface area contributed by atoms with Crippen LogP contribution in [0.3, 0.4) is 0 Å². The van der Waals surface area contributed by atoms with Crippen LogP contribution in [0.5, 0.6) is 0 Å². The molecule has 1 aliphatic heterocycles. The number of nitrogens with two attached hydrogens (primary N) is 1. The van der Waals surface area contributed by atoms with E-state index in [0.29, 0.717) is 18.7 Å². The van der Waals surface area contributed by atoms with Gasteiger partial charge in [-0.25, -0.2) is 9.18 Å². The van der Waals surface area contributed by atoms with Crippen molar-refractivity contribution < 1.29 is 23.5 Å². The lowest BCUT2D eigenvalue weighted by Gasteiger charge is -2.35. The fraction of sp³-hybridized carbons (Fsp3) is 0.667. The third-order valence-corrected chi connectivity index (χ3v) is 7.00. The SMILES string of the molecule is CN1CCN(C(=O)[C@@H](Cc2ccc(NC(=O)[C@@H](N)C3CCCCC3)c(F)c2)NC(=O)OC(C)(C)C)CC1. The second kappa shape index (κ2) is 12.7. The van der Waals surface area contributed by atoms with Gasteiger partial charge < -0.3 is 30.9 Å². The molecule has 1 aromatic rings. The van der Waals surface area contributed by atoms with Crippen LogP contribution >= 0.6 is 0 Å². The van der Waals surface area contributed by atoms with E-state index in [-0.39, 0.29) is 23.9 Å².